The third-order valence-corrected chi connectivity index (χ3v) is 5.04. The molecule has 4 nitrogen and oxygen atoms in total. The van der Waals surface area contributed by atoms with Gasteiger partial charge in [-0.2, -0.15) is 9.78 Å². The van der Waals surface area contributed by atoms with E-state index < -0.39 is 0 Å². The SMILES string of the molecule is Fc1ccc(/C=N/n2c(SCc3ccccc3)nnc2-c2ccccc2)cc1. The van der Waals surface area contributed by atoms with E-state index in [2.05, 4.69) is 27.4 Å². The summed E-state index contributed by atoms with van der Waals surface area (Å²) in [5.41, 5.74) is 2.93. The lowest BCUT2D eigenvalue weighted by atomic mass is 10.2. The maximum absolute atomic E-state index is 13.1. The number of rotatable bonds is 6. The van der Waals surface area contributed by atoms with Crippen LogP contribution in [-0.2, 0) is 5.75 Å². The van der Waals surface area contributed by atoms with E-state index in [0.717, 1.165) is 16.9 Å². The topological polar surface area (TPSA) is 43.1 Å². The smallest absolute Gasteiger partial charge is 0.207 e. The van der Waals surface area contributed by atoms with Crippen LogP contribution in [0.3, 0.4) is 0 Å². The van der Waals surface area contributed by atoms with E-state index in [0.29, 0.717) is 11.0 Å². The van der Waals surface area contributed by atoms with Gasteiger partial charge in [0.05, 0.1) is 6.21 Å². The molecule has 0 unspecified atom stereocenters. The average molecular weight is 388 g/mol. The van der Waals surface area contributed by atoms with Gasteiger partial charge in [-0.05, 0) is 23.3 Å². The predicted octanol–water partition coefficient (Wildman–Crippen LogP) is 5.26. The van der Waals surface area contributed by atoms with Crippen molar-refractivity contribution >= 4 is 18.0 Å². The van der Waals surface area contributed by atoms with Gasteiger partial charge >= 0.3 is 0 Å². The quantitative estimate of drug-likeness (QED) is 0.334. The first kappa shape index (κ1) is 18.1. The minimum absolute atomic E-state index is 0.273. The highest BCUT2D eigenvalue weighted by Gasteiger charge is 2.14. The highest BCUT2D eigenvalue weighted by molar-refractivity contribution is 7.98. The number of halogens is 1. The van der Waals surface area contributed by atoms with Crippen LogP contribution >= 0.6 is 11.8 Å². The van der Waals surface area contributed by atoms with Crippen molar-refractivity contribution in [1.29, 1.82) is 0 Å². The number of benzene rings is 3. The van der Waals surface area contributed by atoms with Gasteiger partial charge in [0.25, 0.3) is 0 Å². The second kappa shape index (κ2) is 8.63. The Balaban J connectivity index is 1.65. The van der Waals surface area contributed by atoms with E-state index in [4.69, 9.17) is 0 Å². The summed E-state index contributed by atoms with van der Waals surface area (Å²) in [6.45, 7) is 0. The van der Waals surface area contributed by atoms with Gasteiger partial charge in [0.2, 0.25) is 5.16 Å². The molecule has 3 aromatic carbocycles. The molecule has 0 fully saturated rings. The van der Waals surface area contributed by atoms with E-state index in [1.165, 1.54) is 17.7 Å². The Morgan fingerprint density at radius 2 is 1.54 bits per heavy atom. The van der Waals surface area contributed by atoms with Crippen LogP contribution in [0.2, 0.25) is 0 Å². The fourth-order valence-electron chi connectivity index (χ4n) is 2.62. The first-order chi connectivity index (χ1) is 13.8. The van der Waals surface area contributed by atoms with Gasteiger partial charge in [-0.15, -0.1) is 10.2 Å². The molecule has 1 heterocycles. The molecule has 0 aliphatic rings. The number of nitrogens with zero attached hydrogens (tertiary/aromatic N) is 4. The molecule has 0 bridgehead atoms. The molecule has 0 saturated heterocycles. The Morgan fingerprint density at radius 1 is 0.857 bits per heavy atom. The maximum Gasteiger partial charge on any atom is 0.212 e. The Morgan fingerprint density at radius 3 is 2.25 bits per heavy atom. The summed E-state index contributed by atoms with van der Waals surface area (Å²) in [4.78, 5) is 0. The zero-order valence-electron chi connectivity index (χ0n) is 14.9. The second-order valence-electron chi connectivity index (χ2n) is 6.05. The Bertz CT molecular complexity index is 1060. The lowest BCUT2D eigenvalue weighted by Gasteiger charge is -2.05. The van der Waals surface area contributed by atoms with Crippen molar-refractivity contribution in [2.24, 2.45) is 5.10 Å². The molecular formula is C22H17FN4S. The maximum atomic E-state index is 13.1. The van der Waals surface area contributed by atoms with Crippen molar-refractivity contribution in [1.82, 2.24) is 14.9 Å². The van der Waals surface area contributed by atoms with Crippen LogP contribution in [0.1, 0.15) is 11.1 Å². The summed E-state index contributed by atoms with van der Waals surface area (Å²) >= 11 is 1.57. The average Bonchev–Trinajstić information content (AvgIpc) is 3.16. The molecule has 0 spiro atoms. The molecular weight excluding hydrogens is 371 g/mol. The summed E-state index contributed by atoms with van der Waals surface area (Å²) in [5.74, 6) is 1.15. The highest BCUT2D eigenvalue weighted by Crippen LogP contribution is 2.26. The minimum atomic E-state index is -0.273. The van der Waals surface area contributed by atoms with Gasteiger partial charge in [0, 0.05) is 11.3 Å². The van der Waals surface area contributed by atoms with E-state index >= 15 is 0 Å². The molecule has 6 heteroatoms. The van der Waals surface area contributed by atoms with Gasteiger partial charge in [-0.3, -0.25) is 0 Å². The van der Waals surface area contributed by atoms with E-state index in [-0.39, 0.29) is 5.82 Å². The second-order valence-corrected chi connectivity index (χ2v) is 7.00. The summed E-state index contributed by atoms with van der Waals surface area (Å²) < 4.78 is 14.9. The molecule has 4 rings (SSSR count). The molecule has 0 atom stereocenters. The van der Waals surface area contributed by atoms with Crippen LogP contribution in [0, 0.1) is 5.82 Å². The normalized spacial score (nSPS) is 11.2. The van der Waals surface area contributed by atoms with Crippen LogP contribution in [0.4, 0.5) is 4.39 Å². The molecule has 0 N–H and O–H groups in total. The third kappa shape index (κ3) is 4.35. The first-order valence-corrected chi connectivity index (χ1v) is 9.75. The lowest BCUT2D eigenvalue weighted by molar-refractivity contribution is 0.628. The molecule has 0 aliphatic heterocycles. The van der Waals surface area contributed by atoms with Crippen molar-refractivity contribution in [3.63, 3.8) is 0 Å². The number of hydrogen-bond donors (Lipinski definition) is 0. The van der Waals surface area contributed by atoms with Crippen molar-refractivity contribution in [2.75, 3.05) is 0 Å². The first-order valence-electron chi connectivity index (χ1n) is 8.77. The fraction of sp³-hybridized carbons (Fsp3) is 0.0455. The third-order valence-electron chi connectivity index (χ3n) is 4.05. The minimum Gasteiger partial charge on any atom is -0.207 e. The van der Waals surface area contributed by atoms with E-state index in [9.17, 15) is 4.39 Å². The van der Waals surface area contributed by atoms with Gasteiger partial charge in [0.15, 0.2) is 5.82 Å². The monoisotopic (exact) mass is 388 g/mol. The van der Waals surface area contributed by atoms with Crippen LogP contribution in [-0.4, -0.2) is 21.1 Å². The number of aromatic nitrogens is 3. The molecule has 1 aromatic heterocycles. The molecule has 0 aliphatic carbocycles. The van der Waals surface area contributed by atoms with Crippen LogP contribution in [0.5, 0.6) is 0 Å². The summed E-state index contributed by atoms with van der Waals surface area (Å²) in [7, 11) is 0. The van der Waals surface area contributed by atoms with Crippen LogP contribution < -0.4 is 0 Å². The highest BCUT2D eigenvalue weighted by atomic mass is 32.2. The van der Waals surface area contributed by atoms with Gasteiger partial charge in [0.1, 0.15) is 5.82 Å². The van der Waals surface area contributed by atoms with Gasteiger partial charge < -0.3 is 0 Å². The molecule has 28 heavy (non-hydrogen) atoms. The Hall–Kier alpha value is -3.25. The predicted molar refractivity (Wildman–Crippen MR) is 111 cm³/mol. The lowest BCUT2D eigenvalue weighted by Crippen LogP contribution is -1.97. The summed E-state index contributed by atoms with van der Waals surface area (Å²) in [6, 6.07) is 26.2. The van der Waals surface area contributed by atoms with Crippen molar-refractivity contribution in [3.05, 3.63) is 102 Å². The largest absolute Gasteiger partial charge is 0.212 e. The standard InChI is InChI=1S/C22H17FN4S/c23-20-13-11-17(12-14-20)15-24-27-21(19-9-5-2-6-10-19)25-26-22(27)28-16-18-7-3-1-4-8-18/h1-15H,16H2/b24-15+. The van der Waals surface area contributed by atoms with Crippen LogP contribution in [0.25, 0.3) is 11.4 Å². The van der Waals surface area contributed by atoms with Crippen molar-refractivity contribution < 1.29 is 4.39 Å². The fourth-order valence-corrected chi connectivity index (χ4v) is 3.46. The number of thioether (sulfide) groups is 1. The summed E-state index contributed by atoms with van der Waals surface area (Å²) in [6.07, 6.45) is 1.68. The molecule has 0 radical (unpaired) electrons. The molecule has 0 saturated carbocycles. The van der Waals surface area contributed by atoms with Crippen LogP contribution in [0.15, 0.2) is 95.2 Å². The zero-order chi connectivity index (χ0) is 19.2. The molecule has 138 valence electrons. The van der Waals surface area contributed by atoms with Gasteiger partial charge in [-0.1, -0.05) is 84.6 Å². The molecule has 4 aromatic rings. The Kier molecular flexibility index (Phi) is 5.58. The van der Waals surface area contributed by atoms with Gasteiger partial charge in [-0.25, -0.2) is 4.39 Å². The number of hydrogen-bond acceptors (Lipinski definition) is 4. The zero-order valence-corrected chi connectivity index (χ0v) is 15.8. The Labute approximate surface area is 166 Å². The summed E-state index contributed by atoms with van der Waals surface area (Å²) in [5, 5.41) is 14.0. The van der Waals surface area contributed by atoms with E-state index in [1.807, 2.05) is 48.5 Å². The van der Waals surface area contributed by atoms with Crippen molar-refractivity contribution in [2.45, 2.75) is 10.9 Å². The molecule has 0 amide bonds. The van der Waals surface area contributed by atoms with E-state index in [1.54, 1.807) is 34.8 Å². The van der Waals surface area contributed by atoms with Crippen molar-refractivity contribution in [3.8, 4) is 11.4 Å².